The highest BCUT2D eigenvalue weighted by atomic mass is 127. The number of nitrogens with zero attached hydrogens (tertiary/aromatic N) is 2. The molecule has 0 spiro atoms. The van der Waals surface area contributed by atoms with Crippen LogP contribution in [0.4, 0.5) is 0 Å². The number of thioether (sulfide) groups is 1. The molecule has 0 amide bonds. The van der Waals surface area contributed by atoms with Crippen LogP contribution < -0.4 is 10.5 Å². The summed E-state index contributed by atoms with van der Waals surface area (Å²) in [7, 11) is 1.61. The second kappa shape index (κ2) is 9.37. The molecule has 7 heteroatoms. The number of ether oxygens (including phenoxy) is 1. The van der Waals surface area contributed by atoms with Crippen LogP contribution in [-0.4, -0.2) is 54.2 Å². The molecule has 5 nitrogen and oxygen atoms in total. The molecule has 1 atom stereocenters. The van der Waals surface area contributed by atoms with Gasteiger partial charge < -0.3 is 20.5 Å². The summed E-state index contributed by atoms with van der Waals surface area (Å²) in [4.78, 5) is 6.36. The van der Waals surface area contributed by atoms with E-state index in [1.165, 1.54) is 0 Å². The Bertz CT molecular complexity index is 467. The Morgan fingerprint density at radius 1 is 1.48 bits per heavy atom. The van der Waals surface area contributed by atoms with Crippen LogP contribution >= 0.6 is 35.7 Å². The Morgan fingerprint density at radius 2 is 2.19 bits per heavy atom. The van der Waals surface area contributed by atoms with Gasteiger partial charge in [0.25, 0.3) is 0 Å². The van der Waals surface area contributed by atoms with Gasteiger partial charge in [-0.25, -0.2) is 0 Å². The van der Waals surface area contributed by atoms with Crippen molar-refractivity contribution in [1.82, 2.24) is 4.90 Å². The van der Waals surface area contributed by atoms with Crippen molar-refractivity contribution in [3.05, 3.63) is 29.8 Å². The van der Waals surface area contributed by atoms with Crippen molar-refractivity contribution in [3.8, 4) is 5.75 Å². The van der Waals surface area contributed by atoms with Gasteiger partial charge in [-0.3, -0.25) is 4.99 Å². The molecule has 0 aromatic heterocycles. The van der Waals surface area contributed by atoms with Crippen molar-refractivity contribution < 1.29 is 9.84 Å². The van der Waals surface area contributed by atoms with Crippen molar-refractivity contribution in [2.24, 2.45) is 10.7 Å². The zero-order chi connectivity index (χ0) is 14.4. The number of aliphatic hydroxyl groups is 1. The number of rotatable bonds is 4. The van der Waals surface area contributed by atoms with Crippen molar-refractivity contribution in [1.29, 1.82) is 0 Å². The minimum Gasteiger partial charge on any atom is -0.497 e. The summed E-state index contributed by atoms with van der Waals surface area (Å²) in [6, 6.07) is 7.37. The van der Waals surface area contributed by atoms with E-state index in [4.69, 9.17) is 10.5 Å². The van der Waals surface area contributed by atoms with Gasteiger partial charge in [-0.05, 0) is 17.7 Å². The lowest BCUT2D eigenvalue weighted by Gasteiger charge is -2.27. The van der Waals surface area contributed by atoms with Crippen molar-refractivity contribution in [2.75, 3.05) is 38.2 Å². The van der Waals surface area contributed by atoms with Gasteiger partial charge >= 0.3 is 0 Å². The second-order valence-corrected chi connectivity index (χ2v) is 5.82. The fourth-order valence-corrected chi connectivity index (χ4v) is 2.93. The maximum atomic E-state index is 10.1. The monoisotopic (exact) mass is 423 g/mol. The summed E-state index contributed by atoms with van der Waals surface area (Å²) in [5.74, 6) is 3.40. The van der Waals surface area contributed by atoms with Crippen LogP contribution in [0.1, 0.15) is 11.7 Å². The minimum absolute atomic E-state index is 0. The standard InChI is InChI=1S/C14H21N3O2S.HI/c1-19-12-4-2-3-11(9-12)13(18)10-16-14(15)17-5-7-20-8-6-17;/h2-4,9,13,18H,5-8,10H2,1H3,(H2,15,16);1H. The van der Waals surface area contributed by atoms with Crippen LogP contribution in [0.3, 0.4) is 0 Å². The third kappa shape index (κ3) is 5.55. The Kier molecular flexibility index (Phi) is 8.20. The largest absolute Gasteiger partial charge is 0.497 e. The van der Waals surface area contributed by atoms with Gasteiger partial charge in [0.2, 0.25) is 0 Å². The molecule has 1 aliphatic heterocycles. The van der Waals surface area contributed by atoms with E-state index >= 15 is 0 Å². The molecule has 21 heavy (non-hydrogen) atoms. The first-order valence-corrected chi connectivity index (χ1v) is 7.81. The lowest BCUT2D eigenvalue weighted by Crippen LogP contribution is -2.42. The zero-order valence-electron chi connectivity index (χ0n) is 12.1. The summed E-state index contributed by atoms with van der Waals surface area (Å²) < 4.78 is 5.14. The van der Waals surface area contributed by atoms with Gasteiger partial charge in [-0.1, -0.05) is 12.1 Å². The second-order valence-electron chi connectivity index (χ2n) is 4.59. The van der Waals surface area contributed by atoms with Crippen LogP contribution in [0.25, 0.3) is 0 Å². The van der Waals surface area contributed by atoms with Gasteiger partial charge in [-0.15, -0.1) is 24.0 Å². The SMILES string of the molecule is COc1cccc(C(O)CN=C(N)N2CCSCC2)c1.I. The van der Waals surface area contributed by atoms with E-state index in [0.29, 0.717) is 5.96 Å². The molecule has 118 valence electrons. The van der Waals surface area contributed by atoms with Crippen LogP contribution in [0.15, 0.2) is 29.3 Å². The summed E-state index contributed by atoms with van der Waals surface area (Å²) >= 11 is 1.93. The van der Waals surface area contributed by atoms with E-state index in [9.17, 15) is 5.11 Å². The van der Waals surface area contributed by atoms with Crippen LogP contribution in [0.5, 0.6) is 5.75 Å². The van der Waals surface area contributed by atoms with Gasteiger partial charge in [0.05, 0.1) is 19.8 Å². The van der Waals surface area contributed by atoms with Crippen LogP contribution in [0.2, 0.25) is 0 Å². The Morgan fingerprint density at radius 3 is 2.86 bits per heavy atom. The molecule has 0 saturated carbocycles. The summed E-state index contributed by atoms with van der Waals surface area (Å²) in [5, 5.41) is 10.1. The quantitative estimate of drug-likeness (QED) is 0.439. The molecule has 3 N–H and O–H groups in total. The third-order valence-electron chi connectivity index (χ3n) is 3.24. The van der Waals surface area contributed by atoms with Crippen molar-refractivity contribution in [3.63, 3.8) is 0 Å². The van der Waals surface area contributed by atoms with Gasteiger partial charge in [0.1, 0.15) is 5.75 Å². The Balaban J connectivity index is 0.00000220. The lowest BCUT2D eigenvalue weighted by atomic mass is 10.1. The highest BCUT2D eigenvalue weighted by molar-refractivity contribution is 14.0. The van der Waals surface area contributed by atoms with Crippen LogP contribution in [-0.2, 0) is 0 Å². The van der Waals surface area contributed by atoms with Crippen LogP contribution in [0, 0.1) is 0 Å². The third-order valence-corrected chi connectivity index (χ3v) is 4.18. The molecule has 1 heterocycles. The van der Waals surface area contributed by atoms with Gasteiger partial charge in [0.15, 0.2) is 5.96 Å². The smallest absolute Gasteiger partial charge is 0.191 e. The summed E-state index contributed by atoms with van der Waals surface area (Å²) in [6.07, 6.45) is -0.664. The number of halogens is 1. The minimum atomic E-state index is -0.664. The summed E-state index contributed by atoms with van der Waals surface area (Å²) in [6.45, 7) is 2.12. The van der Waals surface area contributed by atoms with Crippen molar-refractivity contribution in [2.45, 2.75) is 6.10 Å². The normalized spacial score (nSPS) is 17.0. The topological polar surface area (TPSA) is 71.1 Å². The van der Waals surface area contributed by atoms with Gasteiger partial charge in [0, 0.05) is 24.6 Å². The number of guanidine groups is 1. The number of benzene rings is 1. The molecule has 1 aromatic rings. The number of hydrogen-bond donors (Lipinski definition) is 2. The van der Waals surface area contributed by atoms with E-state index in [-0.39, 0.29) is 30.5 Å². The molecule has 0 bridgehead atoms. The first-order valence-electron chi connectivity index (χ1n) is 6.65. The number of methoxy groups -OCH3 is 1. The number of hydrogen-bond acceptors (Lipinski definition) is 4. The Hall–Kier alpha value is -0.670. The predicted octanol–water partition coefficient (Wildman–Crippen LogP) is 1.71. The highest BCUT2D eigenvalue weighted by Crippen LogP contribution is 2.19. The van der Waals surface area contributed by atoms with E-state index in [0.717, 1.165) is 35.9 Å². The van der Waals surface area contributed by atoms with E-state index in [2.05, 4.69) is 9.89 Å². The van der Waals surface area contributed by atoms with E-state index < -0.39 is 6.10 Å². The number of aliphatic hydroxyl groups excluding tert-OH is 1. The molecule has 1 saturated heterocycles. The van der Waals surface area contributed by atoms with Gasteiger partial charge in [-0.2, -0.15) is 11.8 Å². The molecule has 0 aliphatic carbocycles. The highest BCUT2D eigenvalue weighted by Gasteiger charge is 2.13. The zero-order valence-corrected chi connectivity index (χ0v) is 15.2. The average molecular weight is 423 g/mol. The molecule has 1 aromatic carbocycles. The molecular formula is C14H22IN3O2S. The lowest BCUT2D eigenvalue weighted by molar-refractivity contribution is 0.186. The number of aliphatic imine (C=N–C) groups is 1. The fraction of sp³-hybridized carbons (Fsp3) is 0.500. The molecule has 1 unspecified atom stereocenters. The molecule has 0 radical (unpaired) electrons. The first-order chi connectivity index (χ1) is 9.70. The van der Waals surface area contributed by atoms with E-state index in [1.807, 2.05) is 36.0 Å². The van der Waals surface area contributed by atoms with Crippen molar-refractivity contribution >= 4 is 41.7 Å². The summed E-state index contributed by atoms with van der Waals surface area (Å²) in [5.41, 5.74) is 6.75. The average Bonchev–Trinajstić information content (AvgIpc) is 2.53. The van der Waals surface area contributed by atoms with E-state index in [1.54, 1.807) is 7.11 Å². The predicted molar refractivity (Wildman–Crippen MR) is 98.8 cm³/mol. The maximum Gasteiger partial charge on any atom is 0.191 e. The first kappa shape index (κ1) is 18.4. The Labute approximate surface area is 147 Å². The number of nitrogens with two attached hydrogens (primary N) is 1. The maximum absolute atomic E-state index is 10.1. The molecule has 1 aliphatic rings. The molecule has 2 rings (SSSR count). The molecular weight excluding hydrogens is 401 g/mol. The molecule has 1 fully saturated rings. The fourth-order valence-electron chi connectivity index (χ4n) is 2.03.